The maximum atomic E-state index is 11.9. The van der Waals surface area contributed by atoms with Gasteiger partial charge in [0, 0.05) is 4.90 Å². The van der Waals surface area contributed by atoms with E-state index in [2.05, 4.69) is 10.1 Å². The van der Waals surface area contributed by atoms with Crippen molar-refractivity contribution in [2.75, 3.05) is 18.2 Å². The summed E-state index contributed by atoms with van der Waals surface area (Å²) in [6, 6.07) is 9.68. The van der Waals surface area contributed by atoms with Crippen LogP contribution < -0.4 is 5.32 Å². The van der Waals surface area contributed by atoms with Crippen LogP contribution in [0.3, 0.4) is 0 Å². The Bertz CT molecular complexity index is 635. The number of hydrogen-bond donors (Lipinski definition) is 1. The zero-order chi connectivity index (χ0) is 15.2. The van der Waals surface area contributed by atoms with Gasteiger partial charge in [0.1, 0.15) is 4.88 Å². The van der Waals surface area contributed by atoms with Crippen molar-refractivity contribution in [3.05, 3.63) is 46.2 Å². The molecule has 0 bridgehead atoms. The van der Waals surface area contributed by atoms with Crippen molar-refractivity contribution in [2.24, 2.45) is 0 Å². The minimum absolute atomic E-state index is 0.149. The molecule has 0 aliphatic heterocycles. The van der Waals surface area contributed by atoms with Crippen LogP contribution in [0.1, 0.15) is 15.2 Å². The van der Waals surface area contributed by atoms with Crippen LogP contribution in [-0.2, 0) is 9.53 Å². The molecule has 0 unspecified atom stereocenters. The molecule has 0 aliphatic carbocycles. The van der Waals surface area contributed by atoms with Gasteiger partial charge in [-0.25, -0.2) is 4.79 Å². The number of carbonyl (C=O) groups is 2. The summed E-state index contributed by atoms with van der Waals surface area (Å²) in [6.07, 6.45) is 0. The van der Waals surface area contributed by atoms with Gasteiger partial charge in [0.2, 0.25) is 5.91 Å². The summed E-state index contributed by atoms with van der Waals surface area (Å²) >= 11 is 2.70. The molecule has 2 rings (SSSR count). The molecule has 1 heterocycles. The number of ether oxygens (including phenoxy) is 1. The molecule has 0 radical (unpaired) electrons. The monoisotopic (exact) mass is 321 g/mol. The van der Waals surface area contributed by atoms with Crippen molar-refractivity contribution in [2.45, 2.75) is 11.8 Å². The summed E-state index contributed by atoms with van der Waals surface area (Å²) in [5, 5.41) is 4.48. The summed E-state index contributed by atoms with van der Waals surface area (Å²) in [4.78, 5) is 24.9. The first-order valence-electron chi connectivity index (χ1n) is 6.25. The lowest BCUT2D eigenvalue weighted by Gasteiger charge is -2.05. The molecule has 110 valence electrons. The molecule has 2 aromatic rings. The first-order chi connectivity index (χ1) is 10.1. The van der Waals surface area contributed by atoms with Crippen molar-refractivity contribution in [1.29, 1.82) is 0 Å². The van der Waals surface area contributed by atoms with Gasteiger partial charge < -0.3 is 10.1 Å². The largest absolute Gasteiger partial charge is 0.465 e. The smallest absolute Gasteiger partial charge is 0.350 e. The van der Waals surface area contributed by atoms with Gasteiger partial charge in [-0.2, -0.15) is 0 Å². The van der Waals surface area contributed by atoms with Gasteiger partial charge in [0.15, 0.2) is 0 Å². The van der Waals surface area contributed by atoms with Crippen LogP contribution in [0, 0.1) is 6.92 Å². The topological polar surface area (TPSA) is 55.4 Å². The number of aryl methyl sites for hydroxylation is 1. The molecule has 0 saturated carbocycles. The molecule has 4 nitrogen and oxygen atoms in total. The van der Waals surface area contributed by atoms with E-state index in [1.807, 2.05) is 31.2 Å². The van der Waals surface area contributed by atoms with Crippen molar-refractivity contribution >= 4 is 40.7 Å². The summed E-state index contributed by atoms with van der Waals surface area (Å²) in [7, 11) is 1.32. The van der Waals surface area contributed by atoms with E-state index in [4.69, 9.17) is 0 Å². The fourth-order valence-electron chi connectivity index (χ4n) is 1.63. The number of anilines is 1. The lowest BCUT2D eigenvalue weighted by atomic mass is 10.2. The molecule has 0 saturated heterocycles. The molecular formula is C15H15NO3S2. The average Bonchev–Trinajstić information content (AvgIpc) is 2.94. The van der Waals surface area contributed by atoms with Crippen LogP contribution in [0.2, 0.25) is 0 Å². The minimum atomic E-state index is -0.438. The molecule has 21 heavy (non-hydrogen) atoms. The van der Waals surface area contributed by atoms with Gasteiger partial charge in [-0.3, -0.25) is 4.79 Å². The lowest BCUT2D eigenvalue weighted by molar-refractivity contribution is -0.113. The first kappa shape index (κ1) is 15.6. The molecule has 0 fully saturated rings. The van der Waals surface area contributed by atoms with Gasteiger partial charge in [0.05, 0.1) is 18.6 Å². The SMILES string of the molecule is COC(=O)c1sccc1NC(=O)CSc1ccc(C)cc1. The number of carbonyl (C=O) groups excluding carboxylic acids is 2. The minimum Gasteiger partial charge on any atom is -0.465 e. The highest BCUT2D eigenvalue weighted by Gasteiger charge is 2.15. The number of thioether (sulfide) groups is 1. The van der Waals surface area contributed by atoms with Crippen LogP contribution in [0.4, 0.5) is 5.69 Å². The fourth-order valence-corrected chi connectivity index (χ4v) is 3.09. The Labute approximate surface area is 131 Å². The van der Waals surface area contributed by atoms with E-state index in [0.29, 0.717) is 16.3 Å². The second kappa shape index (κ2) is 7.28. The quantitative estimate of drug-likeness (QED) is 0.675. The number of nitrogens with one attached hydrogen (secondary N) is 1. The van der Waals surface area contributed by atoms with E-state index in [1.165, 1.54) is 35.8 Å². The van der Waals surface area contributed by atoms with Crippen molar-refractivity contribution < 1.29 is 14.3 Å². The van der Waals surface area contributed by atoms with Gasteiger partial charge in [-0.1, -0.05) is 17.7 Å². The number of benzene rings is 1. The third kappa shape index (κ3) is 4.34. The highest BCUT2D eigenvalue weighted by Crippen LogP contribution is 2.24. The molecule has 1 N–H and O–H groups in total. The molecule has 1 aromatic carbocycles. The van der Waals surface area contributed by atoms with E-state index >= 15 is 0 Å². The Morgan fingerprint density at radius 2 is 1.95 bits per heavy atom. The Balaban J connectivity index is 1.92. The number of rotatable bonds is 5. The lowest BCUT2D eigenvalue weighted by Crippen LogP contribution is -2.15. The number of thiophene rings is 1. The molecule has 0 aliphatic rings. The highest BCUT2D eigenvalue weighted by molar-refractivity contribution is 8.00. The van der Waals surface area contributed by atoms with Crippen molar-refractivity contribution in [3.63, 3.8) is 0 Å². The number of amides is 1. The van der Waals surface area contributed by atoms with Crippen LogP contribution in [-0.4, -0.2) is 24.7 Å². The maximum absolute atomic E-state index is 11.9. The Kier molecular flexibility index (Phi) is 5.41. The number of methoxy groups -OCH3 is 1. The van der Waals surface area contributed by atoms with Crippen molar-refractivity contribution in [1.82, 2.24) is 0 Å². The Morgan fingerprint density at radius 3 is 2.62 bits per heavy atom. The van der Waals surface area contributed by atoms with Gasteiger partial charge in [0.25, 0.3) is 0 Å². The number of esters is 1. The normalized spacial score (nSPS) is 10.2. The van der Waals surface area contributed by atoms with Gasteiger partial charge >= 0.3 is 5.97 Å². The van der Waals surface area contributed by atoms with Gasteiger partial charge in [-0.15, -0.1) is 23.1 Å². The number of hydrogen-bond acceptors (Lipinski definition) is 5. The Morgan fingerprint density at radius 1 is 1.24 bits per heavy atom. The molecule has 1 amide bonds. The van der Waals surface area contributed by atoms with Crippen LogP contribution in [0.25, 0.3) is 0 Å². The standard InChI is InChI=1S/C15H15NO3S2/c1-10-3-5-11(6-4-10)21-9-13(17)16-12-7-8-20-14(12)15(18)19-2/h3-8H,9H2,1-2H3,(H,16,17). The van der Waals surface area contributed by atoms with E-state index < -0.39 is 5.97 Å². The third-order valence-electron chi connectivity index (χ3n) is 2.70. The second-order valence-electron chi connectivity index (χ2n) is 4.30. The summed E-state index contributed by atoms with van der Waals surface area (Å²) in [6.45, 7) is 2.02. The average molecular weight is 321 g/mol. The van der Waals surface area contributed by atoms with Crippen LogP contribution in [0.5, 0.6) is 0 Å². The Hall–Kier alpha value is -1.79. The summed E-state index contributed by atoms with van der Waals surface area (Å²) in [5.41, 5.74) is 1.69. The van der Waals surface area contributed by atoms with E-state index in [0.717, 1.165) is 4.90 Å². The molecule has 6 heteroatoms. The maximum Gasteiger partial charge on any atom is 0.350 e. The van der Waals surface area contributed by atoms with E-state index in [9.17, 15) is 9.59 Å². The van der Waals surface area contributed by atoms with Crippen LogP contribution in [0.15, 0.2) is 40.6 Å². The van der Waals surface area contributed by atoms with E-state index in [1.54, 1.807) is 11.4 Å². The fraction of sp³-hybridized carbons (Fsp3) is 0.200. The summed E-state index contributed by atoms with van der Waals surface area (Å²) < 4.78 is 4.67. The molecule has 0 atom stereocenters. The predicted molar refractivity (Wildman–Crippen MR) is 86.2 cm³/mol. The second-order valence-corrected chi connectivity index (χ2v) is 6.27. The van der Waals surface area contributed by atoms with Crippen LogP contribution >= 0.6 is 23.1 Å². The predicted octanol–water partition coefficient (Wildman–Crippen LogP) is 3.57. The summed E-state index contributed by atoms with van der Waals surface area (Å²) in [5.74, 6) is -0.296. The van der Waals surface area contributed by atoms with Gasteiger partial charge in [-0.05, 0) is 30.5 Å². The highest BCUT2D eigenvalue weighted by atomic mass is 32.2. The molecule has 0 spiro atoms. The third-order valence-corrected chi connectivity index (χ3v) is 4.61. The van der Waals surface area contributed by atoms with E-state index in [-0.39, 0.29) is 5.91 Å². The first-order valence-corrected chi connectivity index (χ1v) is 8.12. The molecular weight excluding hydrogens is 306 g/mol. The molecule has 1 aromatic heterocycles. The van der Waals surface area contributed by atoms with Crippen molar-refractivity contribution in [3.8, 4) is 0 Å². The zero-order valence-corrected chi connectivity index (χ0v) is 13.3. The zero-order valence-electron chi connectivity index (χ0n) is 11.7.